The number of rotatable bonds is 11. The van der Waals surface area contributed by atoms with Gasteiger partial charge in [0.25, 0.3) is 5.91 Å². The first-order valence-electron chi connectivity index (χ1n) is 10.8. The van der Waals surface area contributed by atoms with Gasteiger partial charge >= 0.3 is 0 Å². The molecular formula is C24H32N2O4. The number of carbonyl (C=O) groups excluding carboxylic acids is 1. The van der Waals surface area contributed by atoms with E-state index in [1.807, 2.05) is 36.4 Å². The summed E-state index contributed by atoms with van der Waals surface area (Å²) in [4.78, 5) is 15.1. The van der Waals surface area contributed by atoms with Gasteiger partial charge in [-0.25, -0.2) is 0 Å². The number of carbonyl (C=O) groups is 1. The molecule has 6 nitrogen and oxygen atoms in total. The molecule has 2 aromatic carbocycles. The van der Waals surface area contributed by atoms with E-state index >= 15 is 0 Å². The molecule has 0 aromatic heterocycles. The van der Waals surface area contributed by atoms with Crippen LogP contribution in [0.2, 0.25) is 0 Å². The lowest BCUT2D eigenvalue weighted by Crippen LogP contribution is -2.28. The van der Waals surface area contributed by atoms with Crippen LogP contribution in [0, 0.1) is 0 Å². The van der Waals surface area contributed by atoms with Crippen LogP contribution in [0.25, 0.3) is 0 Å². The lowest BCUT2D eigenvalue weighted by molar-refractivity contribution is 0.0679. The van der Waals surface area contributed by atoms with Gasteiger partial charge in [0, 0.05) is 18.7 Å². The van der Waals surface area contributed by atoms with E-state index in [2.05, 4.69) is 24.1 Å². The molecule has 30 heavy (non-hydrogen) atoms. The normalized spacial score (nSPS) is 15.9. The summed E-state index contributed by atoms with van der Waals surface area (Å²) in [6.07, 6.45) is 2.24. The molecule has 2 aromatic rings. The molecule has 1 aliphatic heterocycles. The number of ether oxygens (including phenoxy) is 3. The Morgan fingerprint density at radius 1 is 1.13 bits per heavy atom. The molecule has 1 unspecified atom stereocenters. The standard InChI is InChI=1S/C24H32N2O4/c1-3-26(4-2)14-16-29-23-13-6-5-12-22(23)25-24(27)19-9-7-10-20(17-19)30-18-21-11-8-15-28-21/h5-7,9-10,12-13,17,21H,3-4,8,11,14-16,18H2,1-2H3,(H,25,27). The summed E-state index contributed by atoms with van der Waals surface area (Å²) < 4.78 is 17.3. The number of benzene rings is 2. The zero-order chi connectivity index (χ0) is 21.2. The molecule has 0 bridgehead atoms. The Balaban J connectivity index is 1.58. The third-order valence-electron chi connectivity index (χ3n) is 5.25. The quantitative estimate of drug-likeness (QED) is 0.599. The zero-order valence-electron chi connectivity index (χ0n) is 17.9. The third-order valence-corrected chi connectivity index (χ3v) is 5.25. The molecule has 0 saturated carbocycles. The van der Waals surface area contributed by atoms with Crippen molar-refractivity contribution in [3.63, 3.8) is 0 Å². The zero-order valence-corrected chi connectivity index (χ0v) is 17.9. The molecule has 1 saturated heterocycles. The molecule has 0 spiro atoms. The molecule has 1 N–H and O–H groups in total. The van der Waals surface area contributed by atoms with Crippen LogP contribution in [0.15, 0.2) is 48.5 Å². The fraction of sp³-hybridized carbons (Fsp3) is 0.458. The van der Waals surface area contributed by atoms with Crippen molar-refractivity contribution in [1.29, 1.82) is 0 Å². The molecule has 1 atom stereocenters. The van der Waals surface area contributed by atoms with Crippen molar-refractivity contribution in [3.05, 3.63) is 54.1 Å². The van der Waals surface area contributed by atoms with Gasteiger partial charge in [0.15, 0.2) is 0 Å². The van der Waals surface area contributed by atoms with E-state index in [-0.39, 0.29) is 12.0 Å². The molecule has 3 rings (SSSR count). The van der Waals surface area contributed by atoms with Crippen molar-refractivity contribution in [2.45, 2.75) is 32.8 Å². The van der Waals surface area contributed by atoms with Crippen LogP contribution in [0.4, 0.5) is 5.69 Å². The Hall–Kier alpha value is -2.57. The Morgan fingerprint density at radius 2 is 1.97 bits per heavy atom. The van der Waals surface area contributed by atoms with E-state index in [0.717, 1.165) is 39.1 Å². The topological polar surface area (TPSA) is 60.0 Å². The smallest absolute Gasteiger partial charge is 0.255 e. The summed E-state index contributed by atoms with van der Waals surface area (Å²) in [5, 5.41) is 2.96. The van der Waals surface area contributed by atoms with Crippen LogP contribution in [-0.2, 0) is 4.74 Å². The number of para-hydroxylation sites is 2. The second kappa shape index (κ2) is 11.6. The summed E-state index contributed by atoms with van der Waals surface area (Å²) in [5.74, 6) is 1.14. The second-order valence-corrected chi connectivity index (χ2v) is 7.30. The van der Waals surface area contributed by atoms with Gasteiger partial charge in [-0.1, -0.05) is 32.0 Å². The number of amides is 1. The Morgan fingerprint density at radius 3 is 2.73 bits per heavy atom. The molecule has 162 valence electrons. The summed E-state index contributed by atoms with van der Waals surface area (Å²) in [7, 11) is 0. The van der Waals surface area contributed by atoms with Crippen LogP contribution >= 0.6 is 0 Å². The van der Waals surface area contributed by atoms with E-state index in [1.165, 1.54) is 0 Å². The fourth-order valence-electron chi connectivity index (χ4n) is 3.41. The van der Waals surface area contributed by atoms with Gasteiger partial charge in [-0.05, 0) is 56.3 Å². The predicted octanol–water partition coefficient (Wildman–Crippen LogP) is 4.22. The van der Waals surface area contributed by atoms with Crippen LogP contribution < -0.4 is 14.8 Å². The maximum atomic E-state index is 12.8. The van der Waals surface area contributed by atoms with Crippen molar-refractivity contribution in [2.24, 2.45) is 0 Å². The maximum Gasteiger partial charge on any atom is 0.255 e. The van der Waals surface area contributed by atoms with Gasteiger partial charge in [-0.15, -0.1) is 0 Å². The third kappa shape index (κ3) is 6.47. The molecule has 1 heterocycles. The summed E-state index contributed by atoms with van der Waals surface area (Å²) in [5.41, 5.74) is 1.20. The number of likely N-dealkylation sites (N-methyl/N-ethyl adjacent to an activating group) is 1. The lowest BCUT2D eigenvalue weighted by atomic mass is 10.2. The number of nitrogens with zero attached hydrogens (tertiary/aromatic N) is 1. The van der Waals surface area contributed by atoms with Crippen LogP contribution in [0.3, 0.4) is 0 Å². The molecule has 1 amide bonds. The van der Waals surface area contributed by atoms with Crippen molar-refractivity contribution in [2.75, 3.05) is 44.8 Å². The van der Waals surface area contributed by atoms with Gasteiger partial charge in [0.1, 0.15) is 24.7 Å². The highest BCUT2D eigenvalue weighted by atomic mass is 16.5. The van der Waals surface area contributed by atoms with Crippen LogP contribution in [-0.4, -0.2) is 56.4 Å². The molecule has 0 radical (unpaired) electrons. The van der Waals surface area contributed by atoms with Crippen LogP contribution in [0.5, 0.6) is 11.5 Å². The Kier molecular flexibility index (Phi) is 8.53. The van der Waals surface area contributed by atoms with E-state index in [9.17, 15) is 4.79 Å². The molecular weight excluding hydrogens is 380 g/mol. The highest BCUT2D eigenvalue weighted by Crippen LogP contribution is 2.25. The lowest BCUT2D eigenvalue weighted by Gasteiger charge is -2.19. The van der Waals surface area contributed by atoms with E-state index < -0.39 is 0 Å². The van der Waals surface area contributed by atoms with Crippen molar-refractivity contribution in [1.82, 2.24) is 4.90 Å². The predicted molar refractivity (Wildman–Crippen MR) is 119 cm³/mol. The van der Waals surface area contributed by atoms with Gasteiger partial charge in [0.05, 0.1) is 11.8 Å². The number of hydrogen-bond donors (Lipinski definition) is 1. The molecule has 6 heteroatoms. The first kappa shape index (κ1) is 22.1. The summed E-state index contributed by atoms with van der Waals surface area (Å²) >= 11 is 0. The molecule has 1 fully saturated rings. The van der Waals surface area contributed by atoms with E-state index in [1.54, 1.807) is 12.1 Å². The minimum atomic E-state index is -0.197. The van der Waals surface area contributed by atoms with E-state index in [0.29, 0.717) is 36.0 Å². The Bertz CT molecular complexity index is 801. The van der Waals surface area contributed by atoms with E-state index in [4.69, 9.17) is 14.2 Å². The minimum absolute atomic E-state index is 0.142. The van der Waals surface area contributed by atoms with Gasteiger partial charge in [-0.2, -0.15) is 0 Å². The highest BCUT2D eigenvalue weighted by molar-refractivity contribution is 6.05. The van der Waals surface area contributed by atoms with Crippen molar-refractivity contribution >= 4 is 11.6 Å². The largest absolute Gasteiger partial charge is 0.491 e. The maximum absolute atomic E-state index is 12.8. The van der Waals surface area contributed by atoms with Gasteiger partial charge < -0.3 is 24.4 Å². The van der Waals surface area contributed by atoms with Crippen molar-refractivity contribution in [3.8, 4) is 11.5 Å². The number of hydrogen-bond acceptors (Lipinski definition) is 5. The van der Waals surface area contributed by atoms with Crippen molar-refractivity contribution < 1.29 is 19.0 Å². The first-order chi connectivity index (χ1) is 14.7. The minimum Gasteiger partial charge on any atom is -0.491 e. The first-order valence-corrected chi connectivity index (χ1v) is 10.8. The summed E-state index contributed by atoms with van der Waals surface area (Å²) in [6.45, 7) is 8.97. The number of anilines is 1. The van der Waals surface area contributed by atoms with Gasteiger partial charge in [0.2, 0.25) is 0 Å². The molecule has 1 aliphatic rings. The summed E-state index contributed by atoms with van der Waals surface area (Å²) in [6, 6.07) is 14.7. The second-order valence-electron chi connectivity index (χ2n) is 7.30. The highest BCUT2D eigenvalue weighted by Gasteiger charge is 2.16. The average molecular weight is 413 g/mol. The molecule has 0 aliphatic carbocycles. The monoisotopic (exact) mass is 412 g/mol. The Labute approximate surface area is 179 Å². The van der Waals surface area contributed by atoms with Gasteiger partial charge in [-0.3, -0.25) is 4.79 Å². The SMILES string of the molecule is CCN(CC)CCOc1ccccc1NC(=O)c1cccc(OCC2CCCO2)c1. The fourth-order valence-corrected chi connectivity index (χ4v) is 3.41. The number of nitrogens with one attached hydrogen (secondary N) is 1. The van der Waals surface area contributed by atoms with Crippen LogP contribution in [0.1, 0.15) is 37.0 Å². The average Bonchev–Trinajstić information content (AvgIpc) is 3.30.